The van der Waals surface area contributed by atoms with Crippen molar-refractivity contribution in [2.75, 3.05) is 0 Å². The number of pyridine rings is 1. The molecule has 6 heteroatoms. The largest absolute Gasteiger partial charge is 0.252 e. The van der Waals surface area contributed by atoms with Gasteiger partial charge in [0.05, 0.1) is 11.1 Å². The average molecular weight is 246 g/mol. The number of nitriles is 2. The van der Waals surface area contributed by atoms with Crippen molar-refractivity contribution in [1.29, 1.82) is 10.5 Å². The molecule has 3 aromatic rings. The van der Waals surface area contributed by atoms with Crippen molar-refractivity contribution < 1.29 is 0 Å². The molecule has 2 aromatic heterocycles. The van der Waals surface area contributed by atoms with Crippen LogP contribution >= 0.6 is 0 Å². The minimum absolute atomic E-state index is 0.0406. The van der Waals surface area contributed by atoms with Crippen LogP contribution < -0.4 is 0 Å². The summed E-state index contributed by atoms with van der Waals surface area (Å²) in [5.74, 6) is 0.411. The van der Waals surface area contributed by atoms with E-state index < -0.39 is 0 Å². The topological polar surface area (TPSA) is 91.2 Å². The van der Waals surface area contributed by atoms with Gasteiger partial charge < -0.3 is 0 Å². The van der Waals surface area contributed by atoms with Gasteiger partial charge in [0.1, 0.15) is 18.5 Å². The third kappa shape index (κ3) is 1.78. The standard InChI is InChI=1S/C13H6N6/c14-6-10-5-9-3-1-2-4-11(9)17-13(10)19-8-16-12(7-15)18-19/h1-5,8H. The van der Waals surface area contributed by atoms with E-state index in [0.29, 0.717) is 11.4 Å². The molecule has 0 amide bonds. The first kappa shape index (κ1) is 10.9. The van der Waals surface area contributed by atoms with Crippen LogP contribution in [0.3, 0.4) is 0 Å². The highest BCUT2D eigenvalue weighted by Gasteiger charge is 2.10. The van der Waals surface area contributed by atoms with Crippen LogP contribution in [-0.2, 0) is 0 Å². The molecule has 2 heterocycles. The van der Waals surface area contributed by atoms with Crippen LogP contribution in [0.15, 0.2) is 36.7 Å². The Morgan fingerprint density at radius 1 is 1.11 bits per heavy atom. The monoisotopic (exact) mass is 246 g/mol. The molecule has 0 N–H and O–H groups in total. The summed E-state index contributed by atoms with van der Waals surface area (Å²) in [4.78, 5) is 8.20. The Kier molecular flexibility index (Phi) is 2.41. The van der Waals surface area contributed by atoms with Gasteiger partial charge in [0.2, 0.25) is 0 Å². The molecule has 0 aliphatic carbocycles. The van der Waals surface area contributed by atoms with Crippen molar-refractivity contribution in [3.05, 3.63) is 48.0 Å². The van der Waals surface area contributed by atoms with Crippen molar-refractivity contribution in [3.8, 4) is 18.0 Å². The Morgan fingerprint density at radius 3 is 2.68 bits per heavy atom. The second kappa shape index (κ2) is 4.21. The molecular weight excluding hydrogens is 240 g/mol. The molecule has 1 aromatic carbocycles. The number of hydrogen-bond donors (Lipinski definition) is 0. The first-order chi connectivity index (χ1) is 9.31. The highest BCUT2D eigenvalue weighted by atomic mass is 15.4. The van der Waals surface area contributed by atoms with Crippen molar-refractivity contribution in [2.24, 2.45) is 0 Å². The quantitative estimate of drug-likeness (QED) is 0.649. The zero-order chi connectivity index (χ0) is 13.2. The summed E-state index contributed by atoms with van der Waals surface area (Å²) in [6.45, 7) is 0. The SMILES string of the molecule is N#Cc1ncn(-c2nc3ccccc3cc2C#N)n1. The maximum Gasteiger partial charge on any atom is 0.252 e. The summed E-state index contributed by atoms with van der Waals surface area (Å²) in [7, 11) is 0. The van der Waals surface area contributed by atoms with Gasteiger partial charge in [-0.2, -0.15) is 15.2 Å². The van der Waals surface area contributed by atoms with E-state index in [1.807, 2.05) is 30.3 Å². The molecule has 0 radical (unpaired) electrons. The van der Waals surface area contributed by atoms with Crippen LogP contribution in [-0.4, -0.2) is 19.7 Å². The molecule has 0 bridgehead atoms. The van der Waals surface area contributed by atoms with E-state index in [0.717, 1.165) is 10.9 Å². The van der Waals surface area contributed by atoms with Crippen molar-refractivity contribution in [2.45, 2.75) is 0 Å². The molecule has 0 spiro atoms. The fourth-order valence-electron chi connectivity index (χ4n) is 1.78. The molecule has 0 atom stereocenters. The summed E-state index contributed by atoms with van der Waals surface area (Å²) >= 11 is 0. The number of aromatic nitrogens is 4. The Hall–Kier alpha value is -3.25. The molecule has 88 valence electrons. The molecule has 0 saturated heterocycles. The molecule has 0 aliphatic rings. The fraction of sp³-hybridized carbons (Fsp3) is 0. The van der Waals surface area contributed by atoms with Crippen molar-refractivity contribution in [3.63, 3.8) is 0 Å². The molecule has 0 unspecified atom stereocenters. The first-order valence-corrected chi connectivity index (χ1v) is 5.44. The van der Waals surface area contributed by atoms with Crippen LogP contribution in [0.2, 0.25) is 0 Å². The van der Waals surface area contributed by atoms with E-state index in [9.17, 15) is 5.26 Å². The van der Waals surface area contributed by atoms with Gasteiger partial charge in [-0.25, -0.2) is 9.97 Å². The summed E-state index contributed by atoms with van der Waals surface area (Å²) in [5, 5.41) is 22.7. The smallest absolute Gasteiger partial charge is 0.227 e. The van der Waals surface area contributed by atoms with Crippen molar-refractivity contribution >= 4 is 10.9 Å². The number of rotatable bonds is 1. The normalized spacial score (nSPS) is 10.0. The number of hydrogen-bond acceptors (Lipinski definition) is 5. The average Bonchev–Trinajstić information content (AvgIpc) is 2.94. The van der Waals surface area contributed by atoms with Gasteiger partial charge in [0, 0.05) is 5.39 Å². The van der Waals surface area contributed by atoms with Gasteiger partial charge in [-0.1, -0.05) is 18.2 Å². The summed E-state index contributed by atoms with van der Waals surface area (Å²) in [5.41, 5.74) is 1.14. The van der Waals surface area contributed by atoms with E-state index in [2.05, 4.69) is 21.1 Å². The van der Waals surface area contributed by atoms with E-state index >= 15 is 0 Å². The van der Waals surface area contributed by atoms with E-state index in [4.69, 9.17) is 5.26 Å². The molecule has 0 aliphatic heterocycles. The Balaban J connectivity index is 2.28. The predicted molar refractivity (Wildman–Crippen MR) is 66.1 cm³/mol. The van der Waals surface area contributed by atoms with E-state index in [1.54, 1.807) is 6.07 Å². The van der Waals surface area contributed by atoms with Gasteiger partial charge in [0.15, 0.2) is 5.82 Å². The maximum atomic E-state index is 9.19. The number of para-hydroxylation sites is 1. The predicted octanol–water partition coefficient (Wildman–Crippen LogP) is 1.56. The minimum Gasteiger partial charge on any atom is -0.227 e. The molecule has 3 rings (SSSR count). The van der Waals surface area contributed by atoms with Gasteiger partial charge in [-0.05, 0) is 12.1 Å². The first-order valence-electron chi connectivity index (χ1n) is 5.44. The van der Waals surface area contributed by atoms with Gasteiger partial charge >= 0.3 is 0 Å². The summed E-state index contributed by atoms with van der Waals surface area (Å²) in [6.07, 6.45) is 1.37. The Morgan fingerprint density at radius 2 is 1.95 bits per heavy atom. The maximum absolute atomic E-state index is 9.19. The lowest BCUT2D eigenvalue weighted by Gasteiger charge is -2.04. The number of nitrogens with zero attached hydrogens (tertiary/aromatic N) is 6. The third-order valence-corrected chi connectivity index (χ3v) is 2.63. The van der Waals surface area contributed by atoms with Crippen LogP contribution in [0.25, 0.3) is 16.7 Å². The van der Waals surface area contributed by atoms with E-state index in [-0.39, 0.29) is 5.82 Å². The lowest BCUT2D eigenvalue weighted by atomic mass is 10.1. The zero-order valence-corrected chi connectivity index (χ0v) is 9.65. The lowest BCUT2D eigenvalue weighted by molar-refractivity contribution is 0.842. The fourth-order valence-corrected chi connectivity index (χ4v) is 1.78. The second-order valence-electron chi connectivity index (χ2n) is 3.79. The second-order valence-corrected chi connectivity index (χ2v) is 3.79. The molecule has 0 fully saturated rings. The van der Waals surface area contributed by atoms with Crippen LogP contribution in [0, 0.1) is 22.7 Å². The lowest BCUT2D eigenvalue weighted by Crippen LogP contribution is -2.02. The summed E-state index contributed by atoms with van der Waals surface area (Å²) in [6, 6.07) is 13.1. The molecule has 19 heavy (non-hydrogen) atoms. The highest BCUT2D eigenvalue weighted by molar-refractivity contribution is 5.81. The number of fused-ring (bicyclic) bond motifs is 1. The zero-order valence-electron chi connectivity index (χ0n) is 9.65. The van der Waals surface area contributed by atoms with Crippen molar-refractivity contribution in [1.82, 2.24) is 19.7 Å². The molecule has 0 saturated carbocycles. The van der Waals surface area contributed by atoms with Crippen LogP contribution in [0.5, 0.6) is 0 Å². The molecule has 6 nitrogen and oxygen atoms in total. The van der Waals surface area contributed by atoms with Gasteiger partial charge in [-0.15, -0.1) is 5.10 Å². The number of benzene rings is 1. The minimum atomic E-state index is 0.0406. The Bertz CT molecular complexity index is 849. The highest BCUT2D eigenvalue weighted by Crippen LogP contribution is 2.18. The van der Waals surface area contributed by atoms with Gasteiger partial charge in [0.25, 0.3) is 5.82 Å². The van der Waals surface area contributed by atoms with Crippen LogP contribution in [0.1, 0.15) is 11.4 Å². The molecular formula is C13H6N6. The van der Waals surface area contributed by atoms with E-state index in [1.165, 1.54) is 11.0 Å². The Labute approximate surface area is 108 Å². The van der Waals surface area contributed by atoms with Gasteiger partial charge in [-0.3, -0.25) is 0 Å². The van der Waals surface area contributed by atoms with Crippen LogP contribution in [0.4, 0.5) is 0 Å². The summed E-state index contributed by atoms with van der Waals surface area (Å²) < 4.78 is 1.34. The third-order valence-electron chi connectivity index (χ3n) is 2.63.